The lowest BCUT2D eigenvalue weighted by atomic mass is 10.1. The lowest BCUT2D eigenvalue weighted by Crippen LogP contribution is -2.07. The molecule has 0 atom stereocenters. The Balaban J connectivity index is 2.64. The summed E-state index contributed by atoms with van der Waals surface area (Å²) in [6, 6.07) is 8.32. The first-order chi connectivity index (χ1) is 8.01. The van der Waals surface area contributed by atoms with Crippen molar-refractivity contribution >= 4 is 11.8 Å². The van der Waals surface area contributed by atoms with Gasteiger partial charge in [-0.25, -0.2) is 0 Å². The Morgan fingerprint density at radius 2 is 2.06 bits per heavy atom. The van der Waals surface area contributed by atoms with E-state index in [9.17, 15) is 0 Å². The maximum absolute atomic E-state index is 8.67. The van der Waals surface area contributed by atoms with Crippen LogP contribution >= 0.6 is 11.8 Å². The van der Waals surface area contributed by atoms with Gasteiger partial charge in [-0.2, -0.15) is 11.8 Å². The molecule has 1 N–H and O–H groups in total. The molecule has 0 unspecified atom stereocenters. The first-order valence-electron chi connectivity index (χ1n) is 5.84. The lowest BCUT2D eigenvalue weighted by molar-refractivity contribution is 0.305. The summed E-state index contributed by atoms with van der Waals surface area (Å²) in [7, 11) is 0. The summed E-state index contributed by atoms with van der Waals surface area (Å²) < 4.78 is 0.290. The second-order valence-corrected chi connectivity index (χ2v) is 6.68. The highest BCUT2D eigenvalue weighted by Gasteiger charge is 2.10. The van der Waals surface area contributed by atoms with E-state index in [4.69, 9.17) is 5.11 Å². The quantitative estimate of drug-likeness (QED) is 0.827. The van der Waals surface area contributed by atoms with Crippen LogP contribution in [0.2, 0.25) is 0 Å². The maximum Gasteiger partial charge on any atom is 0.0540 e. The van der Waals surface area contributed by atoms with E-state index in [1.807, 2.05) is 23.9 Å². The van der Waals surface area contributed by atoms with Gasteiger partial charge in [0.05, 0.1) is 6.61 Å². The van der Waals surface area contributed by atoms with Crippen molar-refractivity contribution in [1.29, 1.82) is 0 Å². The molecule has 0 heterocycles. The van der Waals surface area contributed by atoms with Gasteiger partial charge >= 0.3 is 0 Å². The number of hydrogen-bond acceptors (Lipinski definition) is 2. The van der Waals surface area contributed by atoms with E-state index in [2.05, 4.69) is 44.7 Å². The van der Waals surface area contributed by atoms with E-state index in [0.717, 1.165) is 11.3 Å². The number of aliphatic hydroxyl groups is 1. The molecule has 0 aromatic heterocycles. The zero-order valence-electron chi connectivity index (χ0n) is 10.8. The van der Waals surface area contributed by atoms with Gasteiger partial charge in [-0.1, -0.05) is 44.7 Å². The fourth-order valence-electron chi connectivity index (χ4n) is 1.26. The molecular weight excluding hydrogens is 228 g/mol. The van der Waals surface area contributed by atoms with Gasteiger partial charge in [0.1, 0.15) is 0 Å². The Kier molecular flexibility index (Phi) is 5.61. The van der Waals surface area contributed by atoms with Gasteiger partial charge in [0.25, 0.3) is 0 Å². The van der Waals surface area contributed by atoms with Crippen molar-refractivity contribution in [3.05, 3.63) is 35.4 Å². The van der Waals surface area contributed by atoms with Crippen molar-refractivity contribution in [2.24, 2.45) is 0 Å². The van der Waals surface area contributed by atoms with Crippen LogP contribution in [0.1, 0.15) is 38.3 Å². The SMILES string of the molecule is CC(C)(C)SCc1cccc(C#CCCO)c1. The Hall–Kier alpha value is -0.910. The summed E-state index contributed by atoms with van der Waals surface area (Å²) >= 11 is 1.94. The van der Waals surface area contributed by atoms with Gasteiger partial charge in [-0.05, 0) is 17.7 Å². The minimum Gasteiger partial charge on any atom is -0.395 e. The molecule has 0 saturated heterocycles. The molecule has 17 heavy (non-hydrogen) atoms. The third-order valence-corrected chi connectivity index (χ3v) is 3.41. The van der Waals surface area contributed by atoms with Crippen LogP contribution in [0.5, 0.6) is 0 Å². The Morgan fingerprint density at radius 1 is 1.29 bits per heavy atom. The van der Waals surface area contributed by atoms with Crippen LogP contribution < -0.4 is 0 Å². The third-order valence-electron chi connectivity index (χ3n) is 2.07. The minimum atomic E-state index is 0.132. The highest BCUT2D eigenvalue weighted by atomic mass is 32.2. The predicted molar refractivity (Wildman–Crippen MR) is 76.1 cm³/mol. The lowest BCUT2D eigenvalue weighted by Gasteiger charge is -2.17. The Bertz CT molecular complexity index is 407. The number of hydrogen-bond donors (Lipinski definition) is 1. The van der Waals surface area contributed by atoms with Gasteiger partial charge in [-0.15, -0.1) is 0 Å². The zero-order valence-corrected chi connectivity index (χ0v) is 11.6. The zero-order chi connectivity index (χ0) is 12.7. The molecule has 0 fully saturated rings. The van der Waals surface area contributed by atoms with Gasteiger partial charge in [0.15, 0.2) is 0 Å². The maximum atomic E-state index is 8.67. The van der Waals surface area contributed by atoms with E-state index in [1.165, 1.54) is 5.56 Å². The summed E-state index contributed by atoms with van der Waals surface area (Å²) in [5.41, 5.74) is 2.34. The molecule has 1 aromatic carbocycles. The van der Waals surface area contributed by atoms with Crippen molar-refractivity contribution < 1.29 is 5.11 Å². The molecule has 0 spiro atoms. The summed E-state index contributed by atoms with van der Waals surface area (Å²) in [6.45, 7) is 6.81. The van der Waals surface area contributed by atoms with E-state index in [1.54, 1.807) is 0 Å². The molecule has 1 aromatic rings. The average molecular weight is 248 g/mol. The molecule has 2 heteroatoms. The van der Waals surface area contributed by atoms with Crippen molar-refractivity contribution in [2.75, 3.05) is 6.61 Å². The molecule has 0 bridgehead atoms. The largest absolute Gasteiger partial charge is 0.395 e. The van der Waals surface area contributed by atoms with Crippen molar-refractivity contribution in [2.45, 2.75) is 37.7 Å². The summed E-state index contributed by atoms with van der Waals surface area (Å²) in [6.07, 6.45) is 0.543. The fraction of sp³-hybridized carbons (Fsp3) is 0.467. The van der Waals surface area contributed by atoms with Crippen molar-refractivity contribution in [1.82, 2.24) is 0 Å². The molecule has 0 saturated carbocycles. The number of benzene rings is 1. The molecule has 0 aliphatic rings. The molecule has 1 rings (SSSR count). The van der Waals surface area contributed by atoms with Crippen LogP contribution in [-0.2, 0) is 5.75 Å². The highest BCUT2D eigenvalue weighted by molar-refractivity contribution is 7.99. The highest BCUT2D eigenvalue weighted by Crippen LogP contribution is 2.27. The Labute approximate surface area is 109 Å². The van der Waals surface area contributed by atoms with Crippen LogP contribution in [0, 0.1) is 11.8 Å². The molecule has 0 aliphatic heterocycles. The van der Waals surface area contributed by atoms with Gasteiger partial charge in [0.2, 0.25) is 0 Å². The fourth-order valence-corrected chi connectivity index (χ4v) is 2.04. The van der Waals surface area contributed by atoms with Crippen LogP contribution in [0.15, 0.2) is 24.3 Å². The molecular formula is C15H20OS. The second kappa shape index (κ2) is 6.74. The van der Waals surface area contributed by atoms with Crippen LogP contribution in [-0.4, -0.2) is 16.5 Å². The van der Waals surface area contributed by atoms with Gasteiger partial charge in [-0.3, -0.25) is 0 Å². The molecule has 0 radical (unpaired) electrons. The smallest absolute Gasteiger partial charge is 0.0540 e. The van der Waals surface area contributed by atoms with Crippen molar-refractivity contribution in [3.8, 4) is 11.8 Å². The van der Waals surface area contributed by atoms with E-state index in [-0.39, 0.29) is 6.61 Å². The third kappa shape index (κ3) is 6.41. The number of thioether (sulfide) groups is 1. The van der Waals surface area contributed by atoms with E-state index in [0.29, 0.717) is 11.2 Å². The number of aliphatic hydroxyl groups excluding tert-OH is 1. The first-order valence-corrected chi connectivity index (χ1v) is 6.82. The molecule has 0 amide bonds. The molecule has 1 nitrogen and oxygen atoms in total. The van der Waals surface area contributed by atoms with Crippen LogP contribution in [0.3, 0.4) is 0 Å². The molecule has 0 aliphatic carbocycles. The minimum absolute atomic E-state index is 0.132. The summed E-state index contributed by atoms with van der Waals surface area (Å²) in [4.78, 5) is 0. The second-order valence-electron chi connectivity index (χ2n) is 4.88. The van der Waals surface area contributed by atoms with Crippen LogP contribution in [0.25, 0.3) is 0 Å². The summed E-state index contributed by atoms with van der Waals surface area (Å²) in [5.74, 6) is 7.02. The standard InChI is InChI=1S/C15H20OS/c1-15(2,3)17-12-14-9-6-8-13(11-14)7-4-5-10-16/h6,8-9,11,16H,5,10,12H2,1-3H3. The van der Waals surface area contributed by atoms with E-state index < -0.39 is 0 Å². The first kappa shape index (κ1) is 14.2. The van der Waals surface area contributed by atoms with E-state index >= 15 is 0 Å². The number of rotatable bonds is 3. The molecule has 92 valence electrons. The van der Waals surface area contributed by atoms with Crippen molar-refractivity contribution in [3.63, 3.8) is 0 Å². The average Bonchev–Trinajstić information content (AvgIpc) is 2.27. The normalized spacial score (nSPS) is 10.8. The van der Waals surface area contributed by atoms with Gasteiger partial charge in [0, 0.05) is 22.5 Å². The topological polar surface area (TPSA) is 20.2 Å². The summed E-state index contributed by atoms with van der Waals surface area (Å²) in [5, 5.41) is 8.67. The predicted octanol–water partition coefficient (Wildman–Crippen LogP) is 3.45. The van der Waals surface area contributed by atoms with Crippen LogP contribution in [0.4, 0.5) is 0 Å². The Morgan fingerprint density at radius 3 is 2.71 bits per heavy atom. The monoisotopic (exact) mass is 248 g/mol. The van der Waals surface area contributed by atoms with Gasteiger partial charge < -0.3 is 5.11 Å².